The largest absolute Gasteiger partial charge is 0.493 e. The van der Waals surface area contributed by atoms with Gasteiger partial charge >= 0.3 is 5.97 Å². The summed E-state index contributed by atoms with van der Waals surface area (Å²) >= 11 is 0. The molecule has 1 saturated carbocycles. The minimum absolute atomic E-state index is 0.281. The van der Waals surface area contributed by atoms with Gasteiger partial charge in [0.25, 0.3) is 0 Å². The number of nitrogens with one attached hydrogen (secondary N) is 1. The number of fused-ring (bicyclic) bond motifs is 5. The van der Waals surface area contributed by atoms with Gasteiger partial charge in [0.1, 0.15) is 5.75 Å². The smallest absolute Gasteiger partial charge is 0.337 e. The van der Waals surface area contributed by atoms with Crippen molar-refractivity contribution in [1.29, 1.82) is 0 Å². The van der Waals surface area contributed by atoms with Crippen LogP contribution in [0.1, 0.15) is 66.8 Å². The molecule has 38 heavy (non-hydrogen) atoms. The predicted molar refractivity (Wildman–Crippen MR) is 154 cm³/mol. The lowest BCUT2D eigenvalue weighted by Crippen LogP contribution is -2.29. The predicted octanol–water partition coefficient (Wildman–Crippen LogP) is 6.08. The van der Waals surface area contributed by atoms with E-state index < -0.39 is 0 Å². The van der Waals surface area contributed by atoms with E-state index in [1.54, 1.807) is 0 Å². The molecule has 1 aliphatic heterocycles. The van der Waals surface area contributed by atoms with E-state index in [0.29, 0.717) is 24.0 Å². The molecule has 6 nitrogen and oxygen atoms in total. The number of nitrogens with zero attached hydrogens (tertiary/aromatic N) is 2. The van der Waals surface area contributed by atoms with Gasteiger partial charge in [0.05, 0.1) is 25.0 Å². The summed E-state index contributed by atoms with van der Waals surface area (Å²) in [6.07, 6.45) is 8.52. The summed E-state index contributed by atoms with van der Waals surface area (Å²) in [5.41, 5.74) is 5.66. The number of ether oxygens (including phenoxy) is 2. The lowest BCUT2D eigenvalue weighted by molar-refractivity contribution is 0.0601. The van der Waals surface area contributed by atoms with Crippen LogP contribution in [0.4, 0.5) is 0 Å². The van der Waals surface area contributed by atoms with Gasteiger partial charge in [-0.05, 0) is 95.2 Å². The zero-order valence-corrected chi connectivity index (χ0v) is 23.3. The Kier molecular flexibility index (Phi) is 8.70. The second-order valence-electron chi connectivity index (χ2n) is 11.2. The molecule has 0 unspecified atom stereocenters. The van der Waals surface area contributed by atoms with Gasteiger partial charge < -0.3 is 24.3 Å². The van der Waals surface area contributed by atoms with E-state index in [1.165, 1.54) is 61.4 Å². The van der Waals surface area contributed by atoms with Crippen molar-refractivity contribution in [2.24, 2.45) is 5.92 Å². The normalized spacial score (nSPS) is 17.9. The molecule has 2 aliphatic rings. The van der Waals surface area contributed by atoms with Crippen molar-refractivity contribution in [3.63, 3.8) is 0 Å². The summed E-state index contributed by atoms with van der Waals surface area (Å²) < 4.78 is 14.1. The molecule has 6 heteroatoms. The molecule has 5 rings (SSSR count). The summed E-state index contributed by atoms with van der Waals surface area (Å²) in [6.45, 7) is 4.73. The van der Waals surface area contributed by atoms with Gasteiger partial charge in [0, 0.05) is 28.9 Å². The number of hydrogen-bond donors (Lipinski definition) is 1. The first-order valence-electron chi connectivity index (χ1n) is 14.4. The maximum Gasteiger partial charge on any atom is 0.337 e. The second kappa shape index (κ2) is 12.4. The third-order valence-corrected chi connectivity index (χ3v) is 8.48. The molecule has 2 aromatic carbocycles. The molecular weight excluding hydrogens is 474 g/mol. The molecule has 1 aliphatic carbocycles. The van der Waals surface area contributed by atoms with Crippen molar-refractivity contribution >= 4 is 16.9 Å². The maximum absolute atomic E-state index is 12.5. The summed E-state index contributed by atoms with van der Waals surface area (Å²) in [4.78, 5) is 15.0. The van der Waals surface area contributed by atoms with Crippen LogP contribution in [0.2, 0.25) is 0 Å². The van der Waals surface area contributed by atoms with E-state index in [4.69, 9.17) is 9.47 Å². The highest BCUT2D eigenvalue weighted by Crippen LogP contribution is 2.47. The molecule has 0 spiro atoms. The van der Waals surface area contributed by atoms with Crippen LogP contribution in [-0.4, -0.2) is 62.9 Å². The number of para-hydroxylation sites is 1. The van der Waals surface area contributed by atoms with Crippen molar-refractivity contribution in [2.75, 3.05) is 47.4 Å². The molecule has 0 amide bonds. The van der Waals surface area contributed by atoms with Crippen LogP contribution in [-0.2, 0) is 11.3 Å². The number of carbonyl (C=O) groups excluding carboxylic acids is 1. The first-order chi connectivity index (χ1) is 18.6. The minimum Gasteiger partial charge on any atom is -0.493 e. The van der Waals surface area contributed by atoms with Crippen molar-refractivity contribution in [1.82, 2.24) is 14.8 Å². The molecule has 1 atom stereocenters. The average molecular weight is 518 g/mol. The zero-order valence-electron chi connectivity index (χ0n) is 23.3. The quantitative estimate of drug-likeness (QED) is 0.275. The molecule has 0 bridgehead atoms. The minimum atomic E-state index is -0.281. The van der Waals surface area contributed by atoms with Crippen molar-refractivity contribution in [2.45, 2.75) is 57.4 Å². The highest BCUT2D eigenvalue weighted by molar-refractivity contribution is 5.99. The van der Waals surface area contributed by atoms with Gasteiger partial charge in [-0.1, -0.05) is 37.5 Å². The standard InChI is InChI=1S/C32H43N3O3/c1-33-17-9-18-34(2)19-16-23-21-35-28-20-25(32(36)37-3)14-15-26(28)30(24-10-5-4-6-11-24)31(35)27-12-7-8-13-29(27)38-22-23/h7-8,12-15,20,23-24,33H,4-6,9-11,16-19,21-22H2,1-3H3/t23-/m0/s1. The van der Waals surface area contributed by atoms with Crippen LogP contribution in [0.25, 0.3) is 22.2 Å². The van der Waals surface area contributed by atoms with Crippen LogP contribution >= 0.6 is 0 Å². The van der Waals surface area contributed by atoms with Gasteiger partial charge in [0.15, 0.2) is 0 Å². The molecular formula is C32H43N3O3. The van der Waals surface area contributed by atoms with Crippen molar-refractivity contribution < 1.29 is 14.3 Å². The van der Waals surface area contributed by atoms with Gasteiger partial charge in [-0.3, -0.25) is 0 Å². The first-order valence-corrected chi connectivity index (χ1v) is 14.4. The highest BCUT2D eigenvalue weighted by Gasteiger charge is 2.30. The molecule has 0 radical (unpaired) electrons. The van der Waals surface area contributed by atoms with E-state index in [0.717, 1.165) is 50.3 Å². The molecule has 0 saturated heterocycles. The van der Waals surface area contributed by atoms with E-state index in [-0.39, 0.29) is 5.97 Å². The van der Waals surface area contributed by atoms with Gasteiger partial charge in [-0.25, -0.2) is 4.79 Å². The molecule has 204 valence electrons. The maximum atomic E-state index is 12.5. The Morgan fingerprint density at radius 3 is 2.74 bits per heavy atom. The number of carbonyl (C=O) groups is 1. The lowest BCUT2D eigenvalue weighted by Gasteiger charge is -2.29. The van der Waals surface area contributed by atoms with Crippen molar-refractivity contribution in [3.05, 3.63) is 53.6 Å². The van der Waals surface area contributed by atoms with Gasteiger partial charge in [-0.15, -0.1) is 0 Å². The average Bonchev–Trinajstić information content (AvgIpc) is 3.26. The number of esters is 1. The molecule has 1 N–H and O–H groups in total. The fourth-order valence-corrected chi connectivity index (χ4v) is 6.43. The number of benzene rings is 2. The van der Waals surface area contributed by atoms with Crippen LogP contribution in [0.5, 0.6) is 5.75 Å². The molecule has 1 fully saturated rings. The number of hydrogen-bond acceptors (Lipinski definition) is 5. The fourth-order valence-electron chi connectivity index (χ4n) is 6.43. The summed E-state index contributed by atoms with van der Waals surface area (Å²) in [5, 5.41) is 4.52. The Labute approximate surface area is 227 Å². The van der Waals surface area contributed by atoms with E-state index >= 15 is 0 Å². The van der Waals surface area contributed by atoms with E-state index in [9.17, 15) is 4.79 Å². The van der Waals surface area contributed by atoms with Crippen LogP contribution < -0.4 is 10.1 Å². The Hall–Kier alpha value is -2.83. The molecule has 1 aromatic heterocycles. The van der Waals surface area contributed by atoms with Gasteiger partial charge in [0.2, 0.25) is 0 Å². The topological polar surface area (TPSA) is 55.7 Å². The lowest BCUT2D eigenvalue weighted by atomic mass is 9.81. The van der Waals surface area contributed by atoms with Crippen LogP contribution in [0, 0.1) is 5.92 Å². The van der Waals surface area contributed by atoms with Gasteiger partial charge in [-0.2, -0.15) is 0 Å². The Morgan fingerprint density at radius 1 is 1.13 bits per heavy atom. The zero-order chi connectivity index (χ0) is 26.5. The molecule has 2 heterocycles. The van der Waals surface area contributed by atoms with Crippen molar-refractivity contribution in [3.8, 4) is 17.0 Å². The summed E-state index contributed by atoms with van der Waals surface area (Å²) in [7, 11) is 5.68. The fraction of sp³-hybridized carbons (Fsp3) is 0.531. The summed E-state index contributed by atoms with van der Waals surface area (Å²) in [5.74, 6) is 1.58. The SMILES string of the molecule is CNCCCN(C)CC[C@@H]1COc2ccccc2-c2c(C3CCCCC3)c3ccc(C(=O)OC)cc3n2C1. The van der Waals surface area contributed by atoms with Crippen LogP contribution in [0.3, 0.4) is 0 Å². The second-order valence-corrected chi connectivity index (χ2v) is 11.2. The number of aromatic nitrogens is 1. The number of methoxy groups -OCH3 is 1. The third-order valence-electron chi connectivity index (χ3n) is 8.48. The van der Waals surface area contributed by atoms with E-state index in [2.05, 4.69) is 58.2 Å². The Balaban J connectivity index is 1.59. The van der Waals surface area contributed by atoms with Crippen LogP contribution in [0.15, 0.2) is 42.5 Å². The van der Waals surface area contributed by atoms with E-state index in [1.807, 2.05) is 13.1 Å². The summed E-state index contributed by atoms with van der Waals surface area (Å²) in [6, 6.07) is 14.7. The highest BCUT2D eigenvalue weighted by atomic mass is 16.5. The monoisotopic (exact) mass is 517 g/mol. The molecule has 3 aromatic rings. The Bertz CT molecular complexity index is 1240. The third kappa shape index (κ3) is 5.62. The number of rotatable bonds is 9. The first kappa shape index (κ1) is 26.8. The Morgan fingerprint density at radius 2 is 1.95 bits per heavy atom.